The Balaban J connectivity index is 1.53. The van der Waals surface area contributed by atoms with E-state index in [9.17, 15) is 4.79 Å². The zero-order valence-electron chi connectivity index (χ0n) is 13.8. The Bertz CT molecular complexity index is 971. The van der Waals surface area contributed by atoms with E-state index in [-0.39, 0.29) is 18.9 Å². The number of para-hydroxylation sites is 1. The molecule has 3 aromatic rings. The molecule has 0 saturated heterocycles. The largest absolute Gasteiger partial charge is 0.454 e. The number of fused-ring (bicyclic) bond motifs is 2. The summed E-state index contributed by atoms with van der Waals surface area (Å²) >= 11 is 1.63. The van der Waals surface area contributed by atoms with Crippen molar-refractivity contribution in [2.24, 2.45) is 0 Å². The minimum absolute atomic E-state index is 0.0215. The predicted octanol–water partition coefficient (Wildman–Crippen LogP) is 4.24. The van der Waals surface area contributed by atoms with Crippen molar-refractivity contribution in [2.45, 2.75) is 12.7 Å². The SMILES string of the molecule is O=C1c2ccccc2N[C@H](c2ccsc2)N1Cc1ccc2c(c1)OCO2. The average Bonchev–Trinajstić information content (AvgIpc) is 3.35. The van der Waals surface area contributed by atoms with Crippen LogP contribution in [-0.4, -0.2) is 17.6 Å². The van der Waals surface area contributed by atoms with Gasteiger partial charge in [0.15, 0.2) is 11.5 Å². The second-order valence-electron chi connectivity index (χ2n) is 6.27. The maximum Gasteiger partial charge on any atom is 0.258 e. The van der Waals surface area contributed by atoms with Crippen LogP contribution in [0.3, 0.4) is 0 Å². The fourth-order valence-electron chi connectivity index (χ4n) is 3.39. The van der Waals surface area contributed by atoms with Crippen molar-refractivity contribution in [2.75, 3.05) is 12.1 Å². The molecule has 0 bridgehead atoms. The fraction of sp³-hybridized carbons (Fsp3) is 0.150. The lowest BCUT2D eigenvalue weighted by Crippen LogP contribution is -2.42. The molecule has 6 heteroatoms. The third-order valence-corrected chi connectivity index (χ3v) is 5.37. The summed E-state index contributed by atoms with van der Waals surface area (Å²) in [5.74, 6) is 1.50. The molecule has 2 aromatic carbocycles. The van der Waals surface area contributed by atoms with Gasteiger partial charge in [-0.3, -0.25) is 4.79 Å². The first-order chi connectivity index (χ1) is 12.8. The lowest BCUT2D eigenvalue weighted by Gasteiger charge is -2.37. The van der Waals surface area contributed by atoms with Gasteiger partial charge in [-0.25, -0.2) is 0 Å². The molecule has 2 aliphatic heterocycles. The van der Waals surface area contributed by atoms with E-state index in [1.807, 2.05) is 52.7 Å². The normalized spacial score (nSPS) is 17.8. The molecule has 0 radical (unpaired) electrons. The quantitative estimate of drug-likeness (QED) is 0.755. The maximum absolute atomic E-state index is 13.2. The number of hydrogen-bond donors (Lipinski definition) is 1. The number of rotatable bonds is 3. The summed E-state index contributed by atoms with van der Waals surface area (Å²) in [5.41, 5.74) is 3.65. The summed E-state index contributed by atoms with van der Waals surface area (Å²) in [4.78, 5) is 15.1. The predicted molar refractivity (Wildman–Crippen MR) is 99.6 cm³/mol. The van der Waals surface area contributed by atoms with Crippen LogP contribution in [0.15, 0.2) is 59.3 Å². The van der Waals surface area contributed by atoms with Gasteiger partial charge in [0, 0.05) is 17.8 Å². The Morgan fingerprint density at radius 1 is 1.12 bits per heavy atom. The van der Waals surface area contributed by atoms with Crippen molar-refractivity contribution in [3.05, 3.63) is 76.0 Å². The number of nitrogens with one attached hydrogen (secondary N) is 1. The van der Waals surface area contributed by atoms with E-state index >= 15 is 0 Å². The standard InChI is InChI=1S/C20H16N2O3S/c23-20-15-3-1-2-4-16(15)21-19(14-7-8-26-11-14)22(20)10-13-5-6-17-18(9-13)25-12-24-17/h1-9,11,19,21H,10,12H2/t19-/m0/s1. The van der Waals surface area contributed by atoms with Gasteiger partial charge in [0.05, 0.1) is 5.56 Å². The molecule has 1 amide bonds. The van der Waals surface area contributed by atoms with E-state index in [1.54, 1.807) is 11.3 Å². The molecule has 0 aliphatic carbocycles. The number of ether oxygens (including phenoxy) is 2. The van der Waals surface area contributed by atoms with Crippen molar-refractivity contribution >= 4 is 22.9 Å². The number of nitrogens with zero attached hydrogens (tertiary/aromatic N) is 1. The van der Waals surface area contributed by atoms with Crippen molar-refractivity contribution in [3.63, 3.8) is 0 Å². The van der Waals surface area contributed by atoms with Crippen molar-refractivity contribution in [3.8, 4) is 11.5 Å². The van der Waals surface area contributed by atoms with E-state index in [0.29, 0.717) is 12.1 Å². The van der Waals surface area contributed by atoms with E-state index in [2.05, 4.69) is 16.8 Å². The molecular formula is C20H16N2O3S. The van der Waals surface area contributed by atoms with Crippen LogP contribution in [0.5, 0.6) is 11.5 Å². The molecule has 1 atom stereocenters. The highest BCUT2D eigenvalue weighted by Gasteiger charge is 2.33. The Morgan fingerprint density at radius 2 is 2.00 bits per heavy atom. The number of anilines is 1. The zero-order valence-corrected chi connectivity index (χ0v) is 14.7. The summed E-state index contributed by atoms with van der Waals surface area (Å²) in [5, 5.41) is 7.61. The zero-order chi connectivity index (χ0) is 17.5. The highest BCUT2D eigenvalue weighted by molar-refractivity contribution is 7.08. The van der Waals surface area contributed by atoms with Gasteiger partial charge in [0.1, 0.15) is 6.17 Å². The Hall–Kier alpha value is -2.99. The van der Waals surface area contributed by atoms with E-state index in [0.717, 1.165) is 28.3 Å². The first-order valence-electron chi connectivity index (χ1n) is 8.37. The molecule has 3 heterocycles. The first kappa shape index (κ1) is 15.3. The monoisotopic (exact) mass is 364 g/mol. The van der Waals surface area contributed by atoms with Gasteiger partial charge in [0.2, 0.25) is 6.79 Å². The smallest absolute Gasteiger partial charge is 0.258 e. The summed E-state index contributed by atoms with van der Waals surface area (Å²) in [7, 11) is 0. The number of hydrogen-bond acceptors (Lipinski definition) is 5. The van der Waals surface area contributed by atoms with Crippen LogP contribution in [0.4, 0.5) is 5.69 Å². The van der Waals surface area contributed by atoms with Crippen molar-refractivity contribution < 1.29 is 14.3 Å². The lowest BCUT2D eigenvalue weighted by molar-refractivity contribution is 0.0666. The van der Waals surface area contributed by atoms with Crippen LogP contribution in [0.1, 0.15) is 27.7 Å². The molecule has 0 fully saturated rings. The van der Waals surface area contributed by atoms with E-state index in [4.69, 9.17) is 9.47 Å². The number of benzene rings is 2. The molecular weight excluding hydrogens is 348 g/mol. The van der Waals surface area contributed by atoms with E-state index in [1.165, 1.54) is 0 Å². The van der Waals surface area contributed by atoms with Gasteiger partial charge in [-0.05, 0) is 46.7 Å². The van der Waals surface area contributed by atoms with Crippen LogP contribution < -0.4 is 14.8 Å². The summed E-state index contributed by atoms with van der Waals surface area (Å²) < 4.78 is 10.8. The molecule has 5 rings (SSSR count). The second-order valence-corrected chi connectivity index (χ2v) is 7.05. The molecule has 130 valence electrons. The molecule has 2 aliphatic rings. The van der Waals surface area contributed by atoms with Gasteiger partial charge in [0.25, 0.3) is 5.91 Å². The summed E-state index contributed by atoms with van der Waals surface area (Å²) in [6.07, 6.45) is -0.200. The minimum Gasteiger partial charge on any atom is -0.454 e. The molecule has 0 spiro atoms. The van der Waals surface area contributed by atoms with Crippen LogP contribution >= 0.6 is 11.3 Å². The summed E-state index contributed by atoms with van der Waals surface area (Å²) in [6, 6.07) is 15.5. The first-order valence-corrected chi connectivity index (χ1v) is 9.31. The third-order valence-electron chi connectivity index (χ3n) is 4.67. The second kappa shape index (κ2) is 6.07. The molecule has 5 nitrogen and oxygen atoms in total. The maximum atomic E-state index is 13.2. The Kier molecular flexibility index (Phi) is 3.57. The van der Waals surface area contributed by atoms with Gasteiger partial charge < -0.3 is 19.7 Å². The van der Waals surface area contributed by atoms with Gasteiger partial charge in [-0.15, -0.1) is 0 Å². The van der Waals surface area contributed by atoms with Crippen LogP contribution in [0, 0.1) is 0 Å². The van der Waals surface area contributed by atoms with Gasteiger partial charge in [-0.1, -0.05) is 18.2 Å². The molecule has 0 unspecified atom stereocenters. The average molecular weight is 364 g/mol. The third kappa shape index (κ3) is 2.50. The number of carbonyl (C=O) groups is 1. The number of carbonyl (C=O) groups excluding carboxylic acids is 1. The number of thiophene rings is 1. The highest BCUT2D eigenvalue weighted by atomic mass is 32.1. The van der Waals surface area contributed by atoms with Crippen molar-refractivity contribution in [1.82, 2.24) is 4.90 Å². The summed E-state index contributed by atoms with van der Waals surface area (Å²) in [6.45, 7) is 0.727. The van der Waals surface area contributed by atoms with Crippen LogP contribution in [0.2, 0.25) is 0 Å². The lowest BCUT2D eigenvalue weighted by atomic mass is 10.0. The molecule has 0 saturated carbocycles. The Labute approximate surface area is 154 Å². The molecule has 26 heavy (non-hydrogen) atoms. The van der Waals surface area contributed by atoms with Crippen molar-refractivity contribution in [1.29, 1.82) is 0 Å². The van der Waals surface area contributed by atoms with E-state index < -0.39 is 0 Å². The van der Waals surface area contributed by atoms with Gasteiger partial charge in [-0.2, -0.15) is 11.3 Å². The topological polar surface area (TPSA) is 50.8 Å². The Morgan fingerprint density at radius 3 is 2.88 bits per heavy atom. The molecule has 1 aromatic heterocycles. The number of amides is 1. The van der Waals surface area contributed by atoms with Crippen LogP contribution in [-0.2, 0) is 6.54 Å². The highest BCUT2D eigenvalue weighted by Crippen LogP contribution is 2.37. The fourth-order valence-corrected chi connectivity index (χ4v) is 4.06. The minimum atomic E-state index is -0.200. The molecule has 1 N–H and O–H groups in total. The van der Waals surface area contributed by atoms with Gasteiger partial charge >= 0.3 is 0 Å². The van der Waals surface area contributed by atoms with Crippen LogP contribution in [0.25, 0.3) is 0 Å².